The first-order valence-electron chi connectivity index (χ1n) is 29.8. The lowest BCUT2D eigenvalue weighted by molar-refractivity contribution is 0.425. The van der Waals surface area contributed by atoms with Crippen LogP contribution in [0.15, 0.2) is 282 Å². The number of hydrogen-bond donors (Lipinski definition) is 6. The fourth-order valence-corrected chi connectivity index (χ4v) is 14.7. The summed E-state index contributed by atoms with van der Waals surface area (Å²) in [5, 5.41) is 79.0. The number of benzene rings is 15. The molecule has 0 fully saturated rings. The van der Waals surface area contributed by atoms with Crippen molar-refractivity contribution in [1.82, 2.24) is 0 Å². The molecule has 0 aliphatic heterocycles. The maximum Gasteiger partial charge on any atom is 0.489 e. The van der Waals surface area contributed by atoms with Gasteiger partial charge in [-0.1, -0.05) is 218 Å². The Kier molecular flexibility index (Phi) is 13.7. The largest absolute Gasteiger partial charge is 0.489 e. The van der Waals surface area contributed by atoms with Crippen LogP contribution in [0.5, 0.6) is 0 Å². The first-order valence-corrected chi connectivity index (χ1v) is 30.6. The van der Waals surface area contributed by atoms with Gasteiger partial charge in [-0.2, -0.15) is 0 Å². The quantitative estimate of drug-likeness (QED) is 0.0902. The molecule has 0 bridgehead atoms. The van der Waals surface area contributed by atoms with Gasteiger partial charge in [0.25, 0.3) is 0 Å². The van der Waals surface area contributed by atoms with Crippen molar-refractivity contribution in [2.45, 2.75) is 0 Å². The summed E-state index contributed by atoms with van der Waals surface area (Å²) in [4.78, 5) is 0. The van der Waals surface area contributed by atoms with Gasteiger partial charge in [-0.3, -0.25) is 0 Å². The van der Waals surface area contributed by atoms with E-state index in [1.54, 1.807) is 12.1 Å². The van der Waals surface area contributed by atoms with Crippen LogP contribution in [-0.2, 0) is 0 Å². The third-order valence-electron chi connectivity index (χ3n) is 17.7. The highest BCUT2D eigenvalue weighted by atomic mass is 32.1. The zero-order chi connectivity index (χ0) is 60.7. The predicted molar refractivity (Wildman–Crippen MR) is 378 cm³/mol. The second-order valence-electron chi connectivity index (χ2n) is 22.8. The molecule has 0 aliphatic carbocycles. The highest BCUT2D eigenvalue weighted by molar-refractivity contribution is 7.26. The Balaban J connectivity index is 0.000000108. The minimum absolute atomic E-state index is 0.509. The van der Waals surface area contributed by atoms with E-state index in [2.05, 4.69) is 127 Å². The van der Waals surface area contributed by atoms with Crippen molar-refractivity contribution < 1.29 is 39.0 Å². The number of hydrogen-bond acceptors (Lipinski definition) is 9. The van der Waals surface area contributed by atoms with Gasteiger partial charge in [0.05, 0.1) is 0 Å². The molecule has 6 N–H and O–H groups in total. The summed E-state index contributed by atoms with van der Waals surface area (Å²) in [7, 11) is -4.56. The van der Waals surface area contributed by atoms with Gasteiger partial charge in [-0.25, -0.2) is 0 Å². The molecular formula is C78H51B3O8S. The molecule has 0 amide bonds. The standard InChI is InChI=1S/2C26H17BO3.C26H17BO2S/c28-27(29)26-20-8-4-2-6-17(20)9-12-21(26)18-11-13-23-22(15-18)25-19-7-3-1-5-16(19)10-14-24(25)30-23;2*28-27(29)23-10-4-8-20-18(7-3-9-21(20)23)17-12-13-24-22(15-17)26-19-6-2-1-5-16(19)11-14-25(26)30-24/h3*1-15,28-29H. The van der Waals surface area contributed by atoms with Crippen molar-refractivity contribution in [3.05, 3.63) is 273 Å². The Morgan fingerprint density at radius 1 is 0.244 bits per heavy atom. The fraction of sp³-hybridized carbons (Fsp3) is 0. The summed E-state index contributed by atoms with van der Waals surface area (Å²) in [6.45, 7) is 0. The Bertz CT molecular complexity index is 5650. The molecule has 3 heterocycles. The zero-order valence-electron chi connectivity index (χ0n) is 48.1. The van der Waals surface area contributed by atoms with Crippen LogP contribution in [0.4, 0.5) is 0 Å². The average molecular weight is 1180 g/mol. The summed E-state index contributed by atoms with van der Waals surface area (Å²) in [5.41, 5.74) is 11.0. The summed E-state index contributed by atoms with van der Waals surface area (Å²) < 4.78 is 14.8. The minimum atomic E-state index is -1.57. The molecule has 0 radical (unpaired) electrons. The van der Waals surface area contributed by atoms with Crippen LogP contribution < -0.4 is 16.4 Å². The van der Waals surface area contributed by atoms with Crippen LogP contribution >= 0.6 is 11.3 Å². The van der Waals surface area contributed by atoms with Crippen molar-refractivity contribution >= 4 is 178 Å². The molecule has 0 saturated carbocycles. The van der Waals surface area contributed by atoms with E-state index in [0.29, 0.717) is 16.4 Å². The normalized spacial score (nSPS) is 11.7. The van der Waals surface area contributed by atoms with Gasteiger partial charge in [0.2, 0.25) is 0 Å². The number of rotatable bonds is 6. The SMILES string of the molecule is OB(O)c1c(-c2ccc3oc4ccc5ccccc5c4c3c2)ccc2ccccc12.OB(O)c1cccc2c(-c3ccc4oc5ccc6ccccc6c5c4c3)cccc12.OB(O)c1cccc2c(-c3ccc4sc5ccc6ccccc6c5c4c3)cccc12. The number of thiophene rings is 1. The van der Waals surface area contributed by atoms with Crippen molar-refractivity contribution in [3.63, 3.8) is 0 Å². The molecule has 18 rings (SSSR count). The number of fused-ring (bicyclic) bond motifs is 18. The van der Waals surface area contributed by atoms with Gasteiger partial charge in [-0.15, -0.1) is 11.3 Å². The van der Waals surface area contributed by atoms with Gasteiger partial charge in [-0.05, 0) is 169 Å². The molecular weight excluding hydrogens is 1130 g/mol. The van der Waals surface area contributed by atoms with Crippen LogP contribution in [0, 0.1) is 0 Å². The third-order valence-corrected chi connectivity index (χ3v) is 18.8. The van der Waals surface area contributed by atoms with Gasteiger partial charge >= 0.3 is 21.4 Å². The molecule has 15 aromatic carbocycles. The lowest BCUT2D eigenvalue weighted by Gasteiger charge is -2.13. The maximum absolute atomic E-state index is 10.2. The Labute approximate surface area is 520 Å². The van der Waals surface area contributed by atoms with Crippen molar-refractivity contribution in [2.75, 3.05) is 0 Å². The average Bonchev–Trinajstić information content (AvgIpc) is 1.64. The van der Waals surface area contributed by atoms with Crippen molar-refractivity contribution in [1.29, 1.82) is 0 Å². The third kappa shape index (κ3) is 9.37. The second kappa shape index (κ2) is 22.3. The van der Waals surface area contributed by atoms with Gasteiger partial charge in [0, 0.05) is 41.7 Å². The van der Waals surface area contributed by atoms with E-state index in [1.807, 2.05) is 145 Å². The molecule has 90 heavy (non-hydrogen) atoms. The monoisotopic (exact) mass is 1180 g/mol. The first-order chi connectivity index (χ1) is 44.1. The molecule has 18 aromatic rings. The molecule has 426 valence electrons. The highest BCUT2D eigenvalue weighted by Gasteiger charge is 2.23. The van der Waals surface area contributed by atoms with Crippen LogP contribution in [0.3, 0.4) is 0 Å². The first kappa shape index (κ1) is 55.0. The molecule has 8 nitrogen and oxygen atoms in total. The van der Waals surface area contributed by atoms with E-state index in [1.165, 1.54) is 41.7 Å². The molecule has 0 spiro atoms. The van der Waals surface area contributed by atoms with E-state index in [0.717, 1.165) is 120 Å². The summed E-state index contributed by atoms with van der Waals surface area (Å²) in [5.74, 6) is 0. The van der Waals surface area contributed by atoms with Crippen LogP contribution in [-0.4, -0.2) is 51.5 Å². The lowest BCUT2D eigenvalue weighted by Crippen LogP contribution is -2.32. The van der Waals surface area contributed by atoms with Gasteiger partial charge < -0.3 is 39.0 Å². The molecule has 3 aromatic heterocycles. The predicted octanol–water partition coefficient (Wildman–Crippen LogP) is 16.2. The van der Waals surface area contributed by atoms with Crippen LogP contribution in [0.25, 0.3) is 162 Å². The summed E-state index contributed by atoms with van der Waals surface area (Å²) in [6, 6.07) is 91.7. The Hall–Kier alpha value is -10.4. The van der Waals surface area contributed by atoms with Gasteiger partial charge in [0.1, 0.15) is 22.3 Å². The van der Waals surface area contributed by atoms with Crippen molar-refractivity contribution in [2.24, 2.45) is 0 Å². The second-order valence-corrected chi connectivity index (χ2v) is 23.9. The lowest BCUT2D eigenvalue weighted by atomic mass is 9.72. The fourth-order valence-electron chi connectivity index (χ4n) is 13.6. The Morgan fingerprint density at radius 2 is 0.622 bits per heavy atom. The van der Waals surface area contributed by atoms with Gasteiger partial charge in [0.15, 0.2) is 0 Å². The van der Waals surface area contributed by atoms with E-state index in [4.69, 9.17) is 8.83 Å². The highest BCUT2D eigenvalue weighted by Crippen LogP contribution is 2.43. The molecule has 0 aliphatic rings. The smallest absolute Gasteiger partial charge is 0.456 e. The summed E-state index contributed by atoms with van der Waals surface area (Å²) in [6.07, 6.45) is 0. The van der Waals surface area contributed by atoms with E-state index < -0.39 is 21.4 Å². The van der Waals surface area contributed by atoms with E-state index in [-0.39, 0.29) is 0 Å². The zero-order valence-corrected chi connectivity index (χ0v) is 48.9. The molecule has 0 unspecified atom stereocenters. The van der Waals surface area contributed by atoms with Crippen molar-refractivity contribution in [3.8, 4) is 33.4 Å². The van der Waals surface area contributed by atoms with Crippen LogP contribution in [0.1, 0.15) is 0 Å². The topological polar surface area (TPSA) is 148 Å². The summed E-state index contributed by atoms with van der Waals surface area (Å²) >= 11 is 1.82. The maximum atomic E-state index is 10.2. The van der Waals surface area contributed by atoms with E-state index in [9.17, 15) is 30.1 Å². The van der Waals surface area contributed by atoms with E-state index >= 15 is 0 Å². The number of furan rings is 2. The molecule has 12 heteroatoms. The minimum Gasteiger partial charge on any atom is -0.456 e. The molecule has 0 atom stereocenters. The molecule has 0 saturated heterocycles. The van der Waals surface area contributed by atoms with Crippen LogP contribution in [0.2, 0.25) is 0 Å². The Morgan fingerprint density at radius 3 is 1.13 bits per heavy atom.